The van der Waals surface area contributed by atoms with Gasteiger partial charge in [-0.3, -0.25) is 14.7 Å². The number of aromatic amines is 1. The molecular formula is C22H25N5O. The lowest BCUT2D eigenvalue weighted by Crippen LogP contribution is -2.37. The van der Waals surface area contributed by atoms with Crippen LogP contribution in [0.5, 0.6) is 0 Å². The molecule has 6 heteroatoms. The fourth-order valence-electron chi connectivity index (χ4n) is 3.78. The molecule has 0 saturated carbocycles. The average Bonchev–Trinajstić information content (AvgIpc) is 2.74. The number of nitrogens with two attached hydrogens (primary N) is 1. The van der Waals surface area contributed by atoms with Crippen molar-refractivity contribution in [2.45, 2.75) is 19.4 Å². The van der Waals surface area contributed by atoms with Crippen LogP contribution in [0.2, 0.25) is 0 Å². The number of nitrogens with zero attached hydrogens (tertiary/aromatic N) is 3. The summed E-state index contributed by atoms with van der Waals surface area (Å²) < 4.78 is 0. The third-order valence-corrected chi connectivity index (χ3v) is 5.29. The molecule has 3 heterocycles. The minimum Gasteiger partial charge on any atom is -0.330 e. The van der Waals surface area contributed by atoms with Gasteiger partial charge in [0.2, 0.25) is 0 Å². The first kappa shape index (κ1) is 18.5. The Morgan fingerprint density at radius 3 is 2.64 bits per heavy atom. The van der Waals surface area contributed by atoms with Gasteiger partial charge in [0.15, 0.2) is 0 Å². The van der Waals surface area contributed by atoms with Crippen molar-refractivity contribution in [3.63, 3.8) is 0 Å². The van der Waals surface area contributed by atoms with E-state index in [1.54, 1.807) is 12.4 Å². The maximum atomic E-state index is 12.1. The lowest BCUT2D eigenvalue weighted by atomic mass is 9.98. The van der Waals surface area contributed by atoms with Crippen molar-refractivity contribution in [3.05, 3.63) is 70.8 Å². The second-order valence-electron chi connectivity index (χ2n) is 7.39. The number of likely N-dealkylation sites (tertiary alicyclic amines) is 1. The van der Waals surface area contributed by atoms with Crippen LogP contribution in [0, 0.1) is 5.92 Å². The molecule has 1 fully saturated rings. The molecule has 1 atom stereocenters. The van der Waals surface area contributed by atoms with Crippen molar-refractivity contribution in [2.24, 2.45) is 11.7 Å². The summed E-state index contributed by atoms with van der Waals surface area (Å²) in [6.07, 6.45) is 5.84. The van der Waals surface area contributed by atoms with E-state index in [-0.39, 0.29) is 5.56 Å². The van der Waals surface area contributed by atoms with Gasteiger partial charge in [0.25, 0.3) is 5.56 Å². The standard InChI is InChI=1S/C22H25N5O/c23-13-17-2-1-11-27(15-17)14-16-3-5-19(6-4-16)22-25-20(12-21(28)26-22)18-7-9-24-10-8-18/h3-10,12,17H,1-2,11,13-15,23H2,(H,25,26,28)/t17-/m1/s1. The number of H-pyrrole nitrogens is 1. The van der Waals surface area contributed by atoms with Gasteiger partial charge in [0.05, 0.1) is 5.69 Å². The normalized spacial score (nSPS) is 17.5. The molecule has 0 amide bonds. The van der Waals surface area contributed by atoms with Gasteiger partial charge in [-0.2, -0.15) is 0 Å². The molecule has 0 radical (unpaired) electrons. The maximum absolute atomic E-state index is 12.1. The van der Waals surface area contributed by atoms with Gasteiger partial charge in [-0.1, -0.05) is 24.3 Å². The molecule has 0 unspecified atom stereocenters. The Morgan fingerprint density at radius 1 is 1.11 bits per heavy atom. The second kappa shape index (κ2) is 8.46. The SMILES string of the molecule is NC[C@H]1CCCN(Cc2ccc(-c3nc(-c4ccncc4)cc(=O)[nH]3)cc2)C1. The van der Waals surface area contributed by atoms with E-state index in [9.17, 15) is 4.79 Å². The lowest BCUT2D eigenvalue weighted by molar-refractivity contribution is 0.171. The molecule has 1 saturated heterocycles. The van der Waals surface area contributed by atoms with Crippen molar-refractivity contribution in [2.75, 3.05) is 19.6 Å². The fraction of sp³-hybridized carbons (Fsp3) is 0.318. The zero-order valence-corrected chi connectivity index (χ0v) is 15.8. The zero-order valence-electron chi connectivity index (χ0n) is 15.8. The number of nitrogens with one attached hydrogen (secondary N) is 1. The van der Waals surface area contributed by atoms with Crippen molar-refractivity contribution in [3.8, 4) is 22.6 Å². The molecule has 6 nitrogen and oxygen atoms in total. The number of benzene rings is 1. The summed E-state index contributed by atoms with van der Waals surface area (Å²) in [6, 6.07) is 13.5. The number of hydrogen-bond donors (Lipinski definition) is 2. The van der Waals surface area contributed by atoms with Gasteiger partial charge < -0.3 is 10.7 Å². The summed E-state index contributed by atoms with van der Waals surface area (Å²) in [5, 5.41) is 0. The zero-order chi connectivity index (χ0) is 19.3. The molecular weight excluding hydrogens is 350 g/mol. The van der Waals surface area contributed by atoms with Crippen molar-refractivity contribution in [1.82, 2.24) is 19.9 Å². The predicted octanol–water partition coefficient (Wildman–Crippen LogP) is 2.67. The third-order valence-electron chi connectivity index (χ3n) is 5.29. The highest BCUT2D eigenvalue weighted by atomic mass is 16.1. The Morgan fingerprint density at radius 2 is 1.89 bits per heavy atom. The van der Waals surface area contributed by atoms with Crippen molar-refractivity contribution >= 4 is 0 Å². The Balaban J connectivity index is 1.53. The van der Waals surface area contributed by atoms with Gasteiger partial charge in [-0.15, -0.1) is 0 Å². The van der Waals surface area contributed by atoms with Gasteiger partial charge in [0, 0.05) is 42.7 Å². The van der Waals surface area contributed by atoms with Crippen molar-refractivity contribution in [1.29, 1.82) is 0 Å². The topological polar surface area (TPSA) is 87.9 Å². The average molecular weight is 375 g/mol. The summed E-state index contributed by atoms with van der Waals surface area (Å²) in [7, 11) is 0. The van der Waals surface area contributed by atoms with E-state index < -0.39 is 0 Å². The smallest absolute Gasteiger partial charge is 0.251 e. The molecule has 1 aliphatic heterocycles. The van der Waals surface area contributed by atoms with Gasteiger partial charge >= 0.3 is 0 Å². The number of piperidine rings is 1. The highest BCUT2D eigenvalue weighted by Crippen LogP contribution is 2.21. The number of pyridine rings is 1. The molecule has 28 heavy (non-hydrogen) atoms. The molecule has 0 bridgehead atoms. The lowest BCUT2D eigenvalue weighted by Gasteiger charge is -2.32. The van der Waals surface area contributed by atoms with E-state index in [2.05, 4.69) is 32.0 Å². The van der Waals surface area contributed by atoms with Crippen LogP contribution < -0.4 is 11.3 Å². The summed E-state index contributed by atoms with van der Waals surface area (Å²) in [4.78, 5) is 26.1. The summed E-state index contributed by atoms with van der Waals surface area (Å²) in [6.45, 7) is 3.89. The Bertz CT molecular complexity index is 968. The van der Waals surface area contributed by atoms with Crippen LogP contribution in [-0.4, -0.2) is 39.5 Å². The Hall–Kier alpha value is -2.83. The first-order valence-electron chi connectivity index (χ1n) is 9.75. The first-order chi connectivity index (χ1) is 13.7. The van der Waals surface area contributed by atoms with E-state index in [1.807, 2.05) is 24.3 Å². The van der Waals surface area contributed by atoms with Crippen LogP contribution in [0.3, 0.4) is 0 Å². The molecule has 4 rings (SSSR count). The minimum absolute atomic E-state index is 0.165. The van der Waals surface area contributed by atoms with Crippen LogP contribution in [0.1, 0.15) is 18.4 Å². The van der Waals surface area contributed by atoms with Crippen LogP contribution >= 0.6 is 0 Å². The molecule has 3 aromatic rings. The Kier molecular flexibility index (Phi) is 5.60. The second-order valence-corrected chi connectivity index (χ2v) is 7.39. The molecule has 0 aliphatic carbocycles. The minimum atomic E-state index is -0.165. The van der Waals surface area contributed by atoms with Crippen LogP contribution in [-0.2, 0) is 6.54 Å². The molecule has 1 aromatic carbocycles. The van der Waals surface area contributed by atoms with Crippen molar-refractivity contribution < 1.29 is 0 Å². The highest BCUT2D eigenvalue weighted by Gasteiger charge is 2.18. The maximum Gasteiger partial charge on any atom is 0.251 e. The van der Waals surface area contributed by atoms with Gasteiger partial charge in [-0.25, -0.2) is 4.98 Å². The molecule has 1 aliphatic rings. The summed E-state index contributed by atoms with van der Waals surface area (Å²) >= 11 is 0. The fourth-order valence-corrected chi connectivity index (χ4v) is 3.78. The van der Waals surface area contributed by atoms with Crippen LogP contribution in [0.15, 0.2) is 59.7 Å². The van der Waals surface area contributed by atoms with E-state index >= 15 is 0 Å². The summed E-state index contributed by atoms with van der Waals surface area (Å²) in [5.74, 6) is 1.19. The predicted molar refractivity (Wildman–Crippen MR) is 111 cm³/mol. The van der Waals surface area contributed by atoms with E-state index in [1.165, 1.54) is 24.5 Å². The van der Waals surface area contributed by atoms with Gasteiger partial charge in [-0.05, 0) is 49.5 Å². The number of aromatic nitrogens is 3. The highest BCUT2D eigenvalue weighted by molar-refractivity contribution is 5.63. The monoisotopic (exact) mass is 375 g/mol. The number of rotatable bonds is 5. The van der Waals surface area contributed by atoms with E-state index in [0.717, 1.165) is 37.3 Å². The largest absolute Gasteiger partial charge is 0.330 e. The molecule has 144 valence electrons. The molecule has 0 spiro atoms. The van der Waals surface area contributed by atoms with Gasteiger partial charge in [0.1, 0.15) is 5.82 Å². The molecule has 2 aromatic heterocycles. The van der Waals surface area contributed by atoms with E-state index in [4.69, 9.17) is 5.73 Å². The number of hydrogen-bond acceptors (Lipinski definition) is 5. The first-order valence-corrected chi connectivity index (χ1v) is 9.75. The van der Waals surface area contributed by atoms with E-state index in [0.29, 0.717) is 17.4 Å². The quantitative estimate of drug-likeness (QED) is 0.716. The summed E-state index contributed by atoms with van der Waals surface area (Å²) in [5.41, 5.74) is 9.35. The molecule has 3 N–H and O–H groups in total. The van der Waals surface area contributed by atoms with Crippen LogP contribution in [0.25, 0.3) is 22.6 Å². The third kappa shape index (κ3) is 4.35. The Labute approximate surface area is 164 Å². The van der Waals surface area contributed by atoms with Crippen LogP contribution in [0.4, 0.5) is 0 Å².